The number of hydrogen-bond acceptors (Lipinski definition) is 4. The number of hydrogen-bond donors (Lipinski definition) is 1. The van der Waals surface area contributed by atoms with Crippen LogP contribution >= 0.6 is 11.3 Å². The van der Waals surface area contributed by atoms with Gasteiger partial charge in [0.1, 0.15) is 0 Å². The molecule has 23 heavy (non-hydrogen) atoms. The minimum absolute atomic E-state index is 0.0201. The minimum atomic E-state index is 0.0201. The summed E-state index contributed by atoms with van der Waals surface area (Å²) in [4.78, 5) is 20.8. The summed E-state index contributed by atoms with van der Waals surface area (Å²) < 4.78 is 0. The molecule has 0 aromatic carbocycles. The summed E-state index contributed by atoms with van der Waals surface area (Å²) in [6.45, 7) is 11.8. The van der Waals surface area contributed by atoms with Gasteiger partial charge in [0.15, 0.2) is 0 Å². The number of carbonyl (C=O) groups excluding carboxylic acids is 1. The molecule has 5 nitrogen and oxygen atoms in total. The van der Waals surface area contributed by atoms with Crippen LogP contribution in [0.25, 0.3) is 0 Å². The normalized spacial score (nSPS) is 17.7. The lowest BCUT2D eigenvalue weighted by Crippen LogP contribution is -2.49. The van der Waals surface area contributed by atoms with Gasteiger partial charge in [0, 0.05) is 56.8 Å². The van der Waals surface area contributed by atoms with Crippen molar-refractivity contribution in [3.05, 3.63) is 28.7 Å². The molecule has 1 atom stereocenters. The highest BCUT2D eigenvalue weighted by Crippen LogP contribution is 2.18. The summed E-state index contributed by atoms with van der Waals surface area (Å²) in [7, 11) is 1.86. The maximum Gasteiger partial charge on any atom is 0.317 e. The lowest BCUT2D eigenvalue weighted by atomic mass is 10.0. The van der Waals surface area contributed by atoms with E-state index < -0.39 is 0 Å². The third-order valence-electron chi connectivity index (χ3n) is 4.18. The van der Waals surface area contributed by atoms with Gasteiger partial charge in [0.2, 0.25) is 0 Å². The Kier molecular flexibility index (Phi) is 6.59. The number of piperidine rings is 1. The highest BCUT2D eigenvalue weighted by Gasteiger charge is 2.22. The maximum absolute atomic E-state index is 12.3. The van der Waals surface area contributed by atoms with E-state index in [4.69, 9.17) is 0 Å². The second kappa shape index (κ2) is 8.45. The molecule has 1 aromatic rings. The van der Waals surface area contributed by atoms with Crippen molar-refractivity contribution >= 4 is 17.4 Å². The van der Waals surface area contributed by atoms with Gasteiger partial charge in [-0.2, -0.15) is 0 Å². The average Bonchev–Trinajstić information content (AvgIpc) is 3.03. The molecule has 128 valence electrons. The number of carbonyl (C=O) groups is 1. The number of nitrogens with zero attached hydrogens (tertiary/aromatic N) is 3. The maximum atomic E-state index is 12.3. The Morgan fingerprint density at radius 2 is 2.26 bits per heavy atom. The molecule has 0 aliphatic carbocycles. The van der Waals surface area contributed by atoms with Crippen molar-refractivity contribution in [2.24, 2.45) is 0 Å². The molecule has 0 radical (unpaired) electrons. The van der Waals surface area contributed by atoms with Gasteiger partial charge in [0.05, 0.1) is 5.01 Å². The molecule has 0 saturated carbocycles. The zero-order valence-corrected chi connectivity index (χ0v) is 15.2. The van der Waals surface area contributed by atoms with Crippen LogP contribution in [0, 0.1) is 0 Å². The number of likely N-dealkylation sites (tertiary alicyclic amines) is 1. The van der Waals surface area contributed by atoms with E-state index >= 15 is 0 Å². The van der Waals surface area contributed by atoms with Gasteiger partial charge < -0.3 is 10.2 Å². The zero-order valence-electron chi connectivity index (χ0n) is 14.4. The molecule has 1 aliphatic heterocycles. The summed E-state index contributed by atoms with van der Waals surface area (Å²) in [5.41, 5.74) is 1.20. The van der Waals surface area contributed by atoms with E-state index in [1.807, 2.05) is 18.6 Å². The number of aromatic nitrogens is 1. The smallest absolute Gasteiger partial charge is 0.317 e. The highest BCUT2D eigenvalue weighted by molar-refractivity contribution is 7.09. The molecule has 2 heterocycles. The Bertz CT molecular complexity index is 509. The Labute approximate surface area is 143 Å². The van der Waals surface area contributed by atoms with E-state index in [1.165, 1.54) is 5.57 Å². The number of likely N-dealkylation sites (N-methyl/N-ethyl adjacent to an activating group) is 1. The Morgan fingerprint density at radius 1 is 1.57 bits per heavy atom. The van der Waals surface area contributed by atoms with Crippen LogP contribution in [0.1, 0.15) is 37.6 Å². The van der Waals surface area contributed by atoms with Crippen molar-refractivity contribution in [2.75, 3.05) is 33.2 Å². The first-order chi connectivity index (χ1) is 11.0. The SMILES string of the molecule is C=C(C)CN1CCC(NC(=O)N(C)C[C@@H](C)c2nccs2)CC1. The number of nitrogens with one attached hydrogen (secondary N) is 1. The number of rotatable bonds is 6. The van der Waals surface area contributed by atoms with Crippen LogP contribution in [0.2, 0.25) is 0 Å². The molecule has 1 aromatic heterocycles. The van der Waals surface area contributed by atoms with Crippen LogP contribution in [0.3, 0.4) is 0 Å². The summed E-state index contributed by atoms with van der Waals surface area (Å²) in [5, 5.41) is 6.22. The molecule has 6 heteroatoms. The van der Waals surface area contributed by atoms with E-state index in [-0.39, 0.29) is 18.0 Å². The topological polar surface area (TPSA) is 48.5 Å². The second-order valence-corrected chi connectivity index (χ2v) is 7.54. The third kappa shape index (κ3) is 5.62. The van der Waals surface area contributed by atoms with Gasteiger partial charge in [-0.3, -0.25) is 4.90 Å². The lowest BCUT2D eigenvalue weighted by Gasteiger charge is -2.33. The summed E-state index contributed by atoms with van der Waals surface area (Å²) in [5.74, 6) is 0.267. The predicted molar refractivity (Wildman–Crippen MR) is 96.0 cm³/mol. The van der Waals surface area contributed by atoms with Crippen LogP contribution < -0.4 is 5.32 Å². The van der Waals surface area contributed by atoms with Gasteiger partial charge in [0.25, 0.3) is 0 Å². The molecule has 1 aliphatic rings. The second-order valence-electron chi connectivity index (χ2n) is 6.61. The quantitative estimate of drug-likeness (QED) is 0.813. The van der Waals surface area contributed by atoms with E-state index in [0.717, 1.165) is 37.5 Å². The van der Waals surface area contributed by atoms with Crippen molar-refractivity contribution in [1.29, 1.82) is 0 Å². The fourth-order valence-electron chi connectivity index (χ4n) is 2.95. The average molecular weight is 337 g/mol. The minimum Gasteiger partial charge on any atom is -0.335 e. The number of amides is 2. The molecular weight excluding hydrogens is 308 g/mol. The van der Waals surface area contributed by atoms with E-state index in [0.29, 0.717) is 6.54 Å². The molecule has 0 spiro atoms. The predicted octanol–water partition coefficient (Wildman–Crippen LogP) is 2.93. The first-order valence-corrected chi connectivity index (χ1v) is 9.11. The standard InChI is InChI=1S/C17H28N4OS/c1-13(2)11-21-8-5-15(6-9-21)19-17(22)20(4)12-14(3)16-18-7-10-23-16/h7,10,14-15H,1,5-6,8-9,11-12H2,2-4H3,(H,19,22)/t14-/m1/s1. The molecule has 0 unspecified atom stereocenters. The van der Waals surface area contributed by atoms with Crippen molar-refractivity contribution in [3.8, 4) is 0 Å². The van der Waals surface area contributed by atoms with E-state index in [9.17, 15) is 4.79 Å². The molecular formula is C17H28N4OS. The first-order valence-electron chi connectivity index (χ1n) is 8.23. The number of thiazole rings is 1. The van der Waals surface area contributed by atoms with Crippen molar-refractivity contribution in [1.82, 2.24) is 20.1 Å². The monoisotopic (exact) mass is 336 g/mol. The van der Waals surface area contributed by atoms with Crippen LogP contribution in [-0.4, -0.2) is 60.1 Å². The van der Waals surface area contributed by atoms with Crippen LogP contribution in [0.5, 0.6) is 0 Å². The lowest BCUT2D eigenvalue weighted by molar-refractivity contribution is 0.182. The molecule has 2 amide bonds. The van der Waals surface area contributed by atoms with E-state index in [2.05, 4.69) is 35.6 Å². The zero-order chi connectivity index (χ0) is 16.8. The fraction of sp³-hybridized carbons (Fsp3) is 0.647. The van der Waals surface area contributed by atoms with Crippen LogP contribution in [0.4, 0.5) is 4.79 Å². The van der Waals surface area contributed by atoms with Crippen molar-refractivity contribution in [2.45, 2.75) is 38.6 Å². The van der Waals surface area contributed by atoms with Gasteiger partial charge >= 0.3 is 6.03 Å². The molecule has 1 fully saturated rings. The molecule has 1 saturated heterocycles. The highest BCUT2D eigenvalue weighted by atomic mass is 32.1. The fourth-order valence-corrected chi connectivity index (χ4v) is 3.64. The molecule has 0 bridgehead atoms. The van der Waals surface area contributed by atoms with Gasteiger partial charge in [-0.1, -0.05) is 19.1 Å². The van der Waals surface area contributed by atoms with Crippen LogP contribution in [0.15, 0.2) is 23.7 Å². The summed E-state index contributed by atoms with van der Waals surface area (Å²) in [6.07, 6.45) is 3.83. The molecule has 1 N–H and O–H groups in total. The van der Waals surface area contributed by atoms with Crippen LogP contribution in [-0.2, 0) is 0 Å². The molecule has 2 rings (SSSR count). The van der Waals surface area contributed by atoms with Gasteiger partial charge in [-0.25, -0.2) is 9.78 Å². The largest absolute Gasteiger partial charge is 0.335 e. The Morgan fingerprint density at radius 3 is 2.83 bits per heavy atom. The summed E-state index contributed by atoms with van der Waals surface area (Å²) >= 11 is 1.64. The van der Waals surface area contributed by atoms with E-state index in [1.54, 1.807) is 16.2 Å². The number of urea groups is 1. The Hall–Kier alpha value is -1.40. The first kappa shape index (κ1) is 17.9. The van der Waals surface area contributed by atoms with Gasteiger partial charge in [-0.15, -0.1) is 11.3 Å². The summed E-state index contributed by atoms with van der Waals surface area (Å²) in [6, 6.07) is 0.299. The Balaban J connectivity index is 1.73. The third-order valence-corrected chi connectivity index (χ3v) is 5.18. The van der Waals surface area contributed by atoms with Crippen molar-refractivity contribution in [3.63, 3.8) is 0 Å². The van der Waals surface area contributed by atoms with Gasteiger partial charge in [-0.05, 0) is 19.8 Å². The van der Waals surface area contributed by atoms with Crippen molar-refractivity contribution < 1.29 is 4.79 Å².